The van der Waals surface area contributed by atoms with E-state index in [1.54, 1.807) is 49.4 Å². The summed E-state index contributed by atoms with van der Waals surface area (Å²) in [5, 5.41) is 0. The van der Waals surface area contributed by atoms with E-state index >= 15 is 8.78 Å². The summed E-state index contributed by atoms with van der Waals surface area (Å²) < 4.78 is 63.8. The second kappa shape index (κ2) is 13.1. The average molecular weight is 525 g/mol. The lowest BCUT2D eigenvalue weighted by Crippen LogP contribution is -2.15. The zero-order valence-corrected chi connectivity index (χ0v) is 22.2. The van der Waals surface area contributed by atoms with Gasteiger partial charge in [-0.3, -0.25) is 0 Å². The predicted octanol–water partition coefficient (Wildman–Crippen LogP) is 10.3. The molecule has 1 aliphatic rings. The van der Waals surface area contributed by atoms with Gasteiger partial charge in [0.25, 0.3) is 0 Å². The topological polar surface area (TPSA) is 9.23 Å². The van der Waals surface area contributed by atoms with Gasteiger partial charge >= 0.3 is 0 Å². The molecule has 202 valence electrons. The van der Waals surface area contributed by atoms with Crippen molar-refractivity contribution < 1.29 is 22.3 Å². The summed E-state index contributed by atoms with van der Waals surface area (Å²) in [5.74, 6) is -2.90. The number of unbranched alkanes of at least 4 members (excludes halogenated alkanes) is 2. The van der Waals surface area contributed by atoms with Crippen LogP contribution in [-0.4, -0.2) is 6.61 Å². The summed E-state index contributed by atoms with van der Waals surface area (Å²) in [4.78, 5) is 0. The van der Waals surface area contributed by atoms with Crippen molar-refractivity contribution in [2.75, 3.05) is 6.61 Å². The Balaban J connectivity index is 1.43. The van der Waals surface area contributed by atoms with Crippen molar-refractivity contribution in [1.29, 1.82) is 0 Å². The van der Waals surface area contributed by atoms with Crippen LogP contribution in [0, 0.1) is 29.2 Å². The van der Waals surface area contributed by atoms with Crippen LogP contribution in [0.5, 0.6) is 5.75 Å². The fraction of sp³-hybridized carbons (Fsp3) is 0.394. The molecule has 3 aromatic carbocycles. The second-order valence-electron chi connectivity index (χ2n) is 10.2. The van der Waals surface area contributed by atoms with Crippen LogP contribution >= 0.6 is 0 Å². The number of halogens is 4. The van der Waals surface area contributed by atoms with E-state index in [9.17, 15) is 8.78 Å². The van der Waals surface area contributed by atoms with Crippen molar-refractivity contribution in [3.05, 3.63) is 88.5 Å². The second-order valence-corrected chi connectivity index (χ2v) is 10.2. The molecule has 1 saturated carbocycles. The highest BCUT2D eigenvalue weighted by molar-refractivity contribution is 5.73. The molecule has 0 bridgehead atoms. The van der Waals surface area contributed by atoms with Crippen LogP contribution in [0.4, 0.5) is 17.6 Å². The molecule has 38 heavy (non-hydrogen) atoms. The summed E-state index contributed by atoms with van der Waals surface area (Å²) >= 11 is 0. The van der Waals surface area contributed by atoms with Crippen molar-refractivity contribution >= 4 is 12.2 Å². The molecule has 4 rings (SSSR count). The summed E-state index contributed by atoms with van der Waals surface area (Å²) in [5.41, 5.74) is 2.07. The molecule has 0 atom stereocenters. The van der Waals surface area contributed by atoms with Crippen molar-refractivity contribution in [2.45, 2.75) is 71.1 Å². The molecule has 0 unspecified atom stereocenters. The largest absolute Gasteiger partial charge is 0.491 e. The molecule has 0 saturated heterocycles. The standard InChI is InChI=1S/C33H36F4O/c1-3-5-6-7-22-8-13-24(14-9-22)27-19-20-28(32(36)31(27)35)25-15-10-23(11-16-25)12-17-26-18-21-29(38-4-2)33(37)30(26)34/h10-12,15-22,24H,3-9,13-14H2,1-2H3. The van der Waals surface area contributed by atoms with Crippen molar-refractivity contribution in [1.82, 2.24) is 0 Å². The first-order chi connectivity index (χ1) is 18.4. The molecule has 0 aliphatic heterocycles. The number of rotatable bonds is 10. The van der Waals surface area contributed by atoms with Crippen LogP contribution in [0.2, 0.25) is 0 Å². The smallest absolute Gasteiger partial charge is 0.201 e. The van der Waals surface area contributed by atoms with Crippen molar-refractivity contribution in [2.24, 2.45) is 5.92 Å². The Morgan fingerprint density at radius 2 is 1.47 bits per heavy atom. The molecule has 1 nitrogen and oxygen atoms in total. The number of ether oxygens (including phenoxy) is 1. The van der Waals surface area contributed by atoms with Gasteiger partial charge in [0, 0.05) is 11.1 Å². The monoisotopic (exact) mass is 524 g/mol. The summed E-state index contributed by atoms with van der Waals surface area (Å²) in [6.07, 6.45) is 12.1. The molecule has 1 fully saturated rings. The van der Waals surface area contributed by atoms with Gasteiger partial charge in [0.2, 0.25) is 5.82 Å². The zero-order valence-electron chi connectivity index (χ0n) is 22.2. The molecule has 1 aliphatic carbocycles. The Labute approximate surface area is 223 Å². The molecule has 0 amide bonds. The van der Waals surface area contributed by atoms with E-state index in [-0.39, 0.29) is 29.4 Å². The Bertz CT molecular complexity index is 1240. The Morgan fingerprint density at radius 3 is 2.16 bits per heavy atom. The van der Waals surface area contributed by atoms with Crippen LogP contribution in [0.3, 0.4) is 0 Å². The maximum absolute atomic E-state index is 15.2. The minimum absolute atomic E-state index is 0.0707. The minimum atomic E-state index is -1.02. The van der Waals surface area contributed by atoms with Gasteiger partial charge in [-0.2, -0.15) is 4.39 Å². The van der Waals surface area contributed by atoms with Crippen LogP contribution in [0.1, 0.15) is 87.8 Å². The SMILES string of the molecule is CCCCCC1CCC(c2ccc(-c3ccc(C=Cc4ccc(OCC)c(F)c4F)cc3)c(F)c2F)CC1. The molecule has 0 radical (unpaired) electrons. The Kier molecular flexibility index (Phi) is 9.65. The molecule has 5 heteroatoms. The van der Waals surface area contributed by atoms with Crippen LogP contribution in [0.15, 0.2) is 48.5 Å². The van der Waals surface area contributed by atoms with E-state index in [1.165, 1.54) is 43.9 Å². The van der Waals surface area contributed by atoms with Crippen molar-refractivity contribution in [3.8, 4) is 16.9 Å². The van der Waals surface area contributed by atoms with E-state index < -0.39 is 23.3 Å². The molecular formula is C33H36F4O. The summed E-state index contributed by atoms with van der Waals surface area (Å²) in [6, 6.07) is 13.1. The Morgan fingerprint density at radius 1 is 0.737 bits per heavy atom. The molecule has 0 heterocycles. The Hall–Kier alpha value is -3.08. The van der Waals surface area contributed by atoms with Gasteiger partial charge in [-0.1, -0.05) is 81.2 Å². The number of hydrogen-bond donors (Lipinski definition) is 0. The van der Waals surface area contributed by atoms with Crippen LogP contribution in [0.25, 0.3) is 23.3 Å². The molecule has 0 N–H and O–H groups in total. The van der Waals surface area contributed by atoms with Gasteiger partial charge in [-0.15, -0.1) is 0 Å². The zero-order chi connectivity index (χ0) is 27.1. The van der Waals surface area contributed by atoms with Crippen LogP contribution < -0.4 is 4.74 Å². The minimum Gasteiger partial charge on any atom is -0.491 e. The van der Waals surface area contributed by atoms with E-state index in [2.05, 4.69) is 6.92 Å². The van der Waals surface area contributed by atoms with Gasteiger partial charge in [0.05, 0.1) is 6.61 Å². The van der Waals surface area contributed by atoms with E-state index in [4.69, 9.17) is 4.74 Å². The average Bonchev–Trinajstić information content (AvgIpc) is 2.93. The third-order valence-electron chi connectivity index (χ3n) is 7.67. The van der Waals surface area contributed by atoms with Crippen LogP contribution in [-0.2, 0) is 0 Å². The van der Waals surface area contributed by atoms with Gasteiger partial charge in [-0.25, -0.2) is 13.2 Å². The lowest BCUT2D eigenvalue weighted by atomic mass is 9.76. The first-order valence-electron chi connectivity index (χ1n) is 13.8. The summed E-state index contributed by atoms with van der Waals surface area (Å²) in [6.45, 7) is 4.15. The highest BCUT2D eigenvalue weighted by Crippen LogP contribution is 2.40. The van der Waals surface area contributed by atoms with Gasteiger partial charge in [0.15, 0.2) is 23.2 Å². The normalized spacial score (nSPS) is 17.7. The molecule has 3 aromatic rings. The lowest BCUT2D eigenvalue weighted by Gasteiger charge is -2.29. The number of hydrogen-bond acceptors (Lipinski definition) is 1. The first kappa shape index (κ1) is 27.9. The van der Waals surface area contributed by atoms with E-state index in [0.29, 0.717) is 17.0 Å². The van der Waals surface area contributed by atoms with Gasteiger partial charge < -0.3 is 4.74 Å². The van der Waals surface area contributed by atoms with Crippen molar-refractivity contribution in [3.63, 3.8) is 0 Å². The number of benzene rings is 3. The quantitative estimate of drug-likeness (QED) is 0.146. The molecule has 0 spiro atoms. The maximum atomic E-state index is 15.2. The van der Waals surface area contributed by atoms with E-state index in [1.807, 2.05) is 0 Å². The maximum Gasteiger partial charge on any atom is 0.201 e. The first-order valence-corrected chi connectivity index (χ1v) is 13.8. The van der Waals surface area contributed by atoms with Gasteiger partial charge in [-0.05, 0) is 73.3 Å². The highest BCUT2D eigenvalue weighted by Gasteiger charge is 2.26. The predicted molar refractivity (Wildman–Crippen MR) is 147 cm³/mol. The fourth-order valence-electron chi connectivity index (χ4n) is 5.45. The summed E-state index contributed by atoms with van der Waals surface area (Å²) in [7, 11) is 0. The molecule has 0 aromatic heterocycles. The lowest BCUT2D eigenvalue weighted by molar-refractivity contribution is 0.298. The molecular weight excluding hydrogens is 488 g/mol. The highest BCUT2D eigenvalue weighted by atomic mass is 19.2. The van der Waals surface area contributed by atoms with Gasteiger partial charge in [0.1, 0.15) is 0 Å². The third kappa shape index (κ3) is 6.48. The fourth-order valence-corrected chi connectivity index (χ4v) is 5.45. The van der Waals surface area contributed by atoms with E-state index in [0.717, 1.165) is 31.2 Å². The third-order valence-corrected chi connectivity index (χ3v) is 7.67.